The van der Waals surface area contributed by atoms with Crippen LogP contribution in [0.1, 0.15) is 24.1 Å². The maximum absolute atomic E-state index is 9.40. The quantitative estimate of drug-likeness (QED) is 0.522. The molecule has 4 aromatic rings. The highest BCUT2D eigenvalue weighted by atomic mass is 35.5. The minimum absolute atomic E-state index is 0.133. The number of fused-ring (bicyclic) bond motifs is 1. The van der Waals surface area contributed by atoms with Gasteiger partial charge in [-0.05, 0) is 31.2 Å². The second kappa shape index (κ2) is 7.70. The fourth-order valence-electron chi connectivity index (χ4n) is 3.21. The molecule has 0 unspecified atom stereocenters. The molecule has 3 aromatic heterocycles. The van der Waals surface area contributed by atoms with Crippen molar-refractivity contribution in [1.29, 1.82) is 5.26 Å². The molecule has 0 fully saturated rings. The van der Waals surface area contributed by atoms with Crippen molar-refractivity contribution in [3.63, 3.8) is 0 Å². The summed E-state index contributed by atoms with van der Waals surface area (Å²) in [6.07, 6.45) is 4.86. The van der Waals surface area contributed by atoms with Crippen LogP contribution in [0.15, 0.2) is 55.1 Å². The van der Waals surface area contributed by atoms with E-state index in [0.717, 1.165) is 27.7 Å². The number of nitrogens with one attached hydrogen (secondary N) is 1. The van der Waals surface area contributed by atoms with Crippen LogP contribution in [0.3, 0.4) is 0 Å². The van der Waals surface area contributed by atoms with Gasteiger partial charge in [0.2, 0.25) is 0 Å². The molecule has 0 bridgehead atoms. The lowest BCUT2D eigenvalue weighted by Gasteiger charge is -2.20. The van der Waals surface area contributed by atoms with E-state index in [1.807, 2.05) is 49.4 Å². The van der Waals surface area contributed by atoms with E-state index in [-0.39, 0.29) is 17.4 Å². The zero-order valence-corrected chi connectivity index (χ0v) is 16.2. The number of halogens is 1. The van der Waals surface area contributed by atoms with Gasteiger partial charge in [-0.25, -0.2) is 9.97 Å². The van der Waals surface area contributed by atoms with Crippen molar-refractivity contribution in [2.45, 2.75) is 13.0 Å². The van der Waals surface area contributed by atoms with E-state index < -0.39 is 0 Å². The molecule has 0 saturated carbocycles. The Bertz CT molecular complexity index is 1240. The fraction of sp³-hybridized carbons (Fsp3) is 0.0952. The van der Waals surface area contributed by atoms with Crippen LogP contribution >= 0.6 is 11.6 Å². The molecule has 3 heterocycles. The largest absolute Gasteiger partial charge is 0.382 e. The van der Waals surface area contributed by atoms with Crippen molar-refractivity contribution >= 4 is 34.1 Å². The summed E-state index contributed by atoms with van der Waals surface area (Å²) < 4.78 is 0. The minimum Gasteiger partial charge on any atom is -0.382 e. The van der Waals surface area contributed by atoms with Crippen LogP contribution in [0.5, 0.6) is 0 Å². The summed E-state index contributed by atoms with van der Waals surface area (Å²) in [6, 6.07) is 13.2. The van der Waals surface area contributed by atoms with Crippen LogP contribution in [0.25, 0.3) is 22.2 Å². The Labute approximate surface area is 172 Å². The summed E-state index contributed by atoms with van der Waals surface area (Å²) in [5.41, 5.74) is 9.44. The lowest BCUT2D eigenvalue weighted by atomic mass is 9.96. The van der Waals surface area contributed by atoms with Gasteiger partial charge in [-0.15, -0.1) is 0 Å². The third kappa shape index (κ3) is 3.53. The molecule has 0 aliphatic rings. The monoisotopic (exact) mass is 401 g/mol. The van der Waals surface area contributed by atoms with E-state index in [2.05, 4.69) is 25.3 Å². The molecular weight excluding hydrogens is 386 g/mol. The van der Waals surface area contributed by atoms with Gasteiger partial charge in [-0.2, -0.15) is 5.26 Å². The molecular formula is C21H16ClN7. The molecule has 8 heteroatoms. The van der Waals surface area contributed by atoms with Gasteiger partial charge < -0.3 is 11.1 Å². The molecule has 0 spiro atoms. The Morgan fingerprint density at radius 2 is 2.00 bits per heavy atom. The van der Waals surface area contributed by atoms with Crippen LogP contribution in [-0.2, 0) is 0 Å². The molecule has 142 valence electrons. The first-order valence-electron chi connectivity index (χ1n) is 8.85. The highest BCUT2D eigenvalue weighted by Crippen LogP contribution is 2.35. The number of aromatic nitrogens is 4. The normalized spacial score (nSPS) is 11.8. The summed E-state index contributed by atoms with van der Waals surface area (Å²) in [4.78, 5) is 17.2. The van der Waals surface area contributed by atoms with E-state index in [0.29, 0.717) is 10.8 Å². The van der Waals surface area contributed by atoms with E-state index >= 15 is 0 Å². The Balaban J connectivity index is 1.87. The molecule has 1 atom stereocenters. The molecule has 0 radical (unpaired) electrons. The van der Waals surface area contributed by atoms with E-state index in [4.69, 9.17) is 17.3 Å². The average molecular weight is 402 g/mol. The third-order valence-corrected chi connectivity index (χ3v) is 4.82. The van der Waals surface area contributed by atoms with Crippen molar-refractivity contribution in [2.75, 3.05) is 11.1 Å². The predicted molar refractivity (Wildman–Crippen MR) is 113 cm³/mol. The van der Waals surface area contributed by atoms with Gasteiger partial charge in [0, 0.05) is 33.9 Å². The zero-order valence-electron chi connectivity index (χ0n) is 15.5. The first kappa shape index (κ1) is 18.6. The van der Waals surface area contributed by atoms with E-state index in [9.17, 15) is 5.26 Å². The number of benzene rings is 1. The first-order valence-corrected chi connectivity index (χ1v) is 9.23. The van der Waals surface area contributed by atoms with Crippen molar-refractivity contribution in [2.24, 2.45) is 0 Å². The number of nitrogens with zero attached hydrogens (tertiary/aromatic N) is 5. The predicted octanol–water partition coefficient (Wildman–Crippen LogP) is 4.37. The zero-order chi connectivity index (χ0) is 20.4. The van der Waals surface area contributed by atoms with E-state index in [1.165, 1.54) is 6.33 Å². The van der Waals surface area contributed by atoms with Crippen LogP contribution in [0, 0.1) is 11.3 Å². The first-order chi connectivity index (χ1) is 14.1. The Morgan fingerprint density at radius 1 is 1.14 bits per heavy atom. The van der Waals surface area contributed by atoms with Gasteiger partial charge in [-0.3, -0.25) is 9.97 Å². The number of rotatable bonds is 4. The molecule has 3 N–H and O–H groups in total. The topological polar surface area (TPSA) is 113 Å². The second-order valence-corrected chi connectivity index (χ2v) is 6.86. The van der Waals surface area contributed by atoms with Gasteiger partial charge >= 0.3 is 0 Å². The van der Waals surface area contributed by atoms with Gasteiger partial charge in [0.25, 0.3) is 0 Å². The maximum atomic E-state index is 9.40. The van der Waals surface area contributed by atoms with Crippen molar-refractivity contribution < 1.29 is 0 Å². The van der Waals surface area contributed by atoms with Gasteiger partial charge in [0.15, 0.2) is 0 Å². The van der Waals surface area contributed by atoms with Crippen LogP contribution in [0.2, 0.25) is 5.02 Å². The molecule has 4 rings (SSSR count). The van der Waals surface area contributed by atoms with Crippen LogP contribution in [0.4, 0.5) is 11.6 Å². The number of nitriles is 1. The number of nitrogens with two attached hydrogens (primary N) is 1. The summed E-state index contributed by atoms with van der Waals surface area (Å²) in [5.74, 6) is 0.504. The standard InChI is InChI=1S/C21H16ClN7/c1-12(29-21-15(9-23)20(24)27-11-28-21)16-10-26-18-8-13(22)5-6-14(18)19(16)17-4-2-3-7-25-17/h2-8,10-12H,1H3,(H3,24,27,28,29)/t12-/m0/s1. The number of hydrogen-bond acceptors (Lipinski definition) is 7. The fourth-order valence-corrected chi connectivity index (χ4v) is 3.38. The van der Waals surface area contributed by atoms with Crippen molar-refractivity contribution in [1.82, 2.24) is 19.9 Å². The smallest absolute Gasteiger partial charge is 0.150 e. The van der Waals surface area contributed by atoms with Crippen molar-refractivity contribution in [3.8, 4) is 17.3 Å². The highest BCUT2D eigenvalue weighted by molar-refractivity contribution is 6.31. The number of pyridine rings is 2. The second-order valence-electron chi connectivity index (χ2n) is 6.43. The van der Waals surface area contributed by atoms with Gasteiger partial charge in [-0.1, -0.05) is 23.7 Å². The molecule has 0 amide bonds. The molecule has 29 heavy (non-hydrogen) atoms. The summed E-state index contributed by atoms with van der Waals surface area (Å²) in [7, 11) is 0. The lowest BCUT2D eigenvalue weighted by Crippen LogP contribution is -2.13. The minimum atomic E-state index is -0.235. The Kier molecular flexibility index (Phi) is 4.94. The molecule has 0 saturated heterocycles. The Hall–Kier alpha value is -3.76. The number of nitrogen functional groups attached to an aromatic ring is 1. The Morgan fingerprint density at radius 3 is 2.76 bits per heavy atom. The lowest BCUT2D eigenvalue weighted by molar-refractivity contribution is 0.867. The summed E-state index contributed by atoms with van der Waals surface area (Å²) in [5, 5.41) is 14.2. The summed E-state index contributed by atoms with van der Waals surface area (Å²) in [6.45, 7) is 1.96. The SMILES string of the molecule is C[C@H](Nc1ncnc(N)c1C#N)c1cnc2cc(Cl)ccc2c1-c1ccccn1. The van der Waals surface area contributed by atoms with Crippen LogP contribution in [-0.4, -0.2) is 19.9 Å². The highest BCUT2D eigenvalue weighted by Gasteiger charge is 2.19. The summed E-state index contributed by atoms with van der Waals surface area (Å²) >= 11 is 6.15. The molecule has 1 aromatic carbocycles. The van der Waals surface area contributed by atoms with Gasteiger partial charge in [0.1, 0.15) is 29.6 Å². The molecule has 0 aliphatic carbocycles. The van der Waals surface area contributed by atoms with Crippen molar-refractivity contribution in [3.05, 3.63) is 71.3 Å². The number of hydrogen-bond donors (Lipinski definition) is 2. The molecule has 7 nitrogen and oxygen atoms in total. The average Bonchev–Trinajstić information content (AvgIpc) is 2.73. The van der Waals surface area contributed by atoms with Gasteiger partial charge in [0.05, 0.1) is 17.3 Å². The van der Waals surface area contributed by atoms with E-state index in [1.54, 1.807) is 12.4 Å². The maximum Gasteiger partial charge on any atom is 0.150 e. The van der Waals surface area contributed by atoms with Crippen LogP contribution < -0.4 is 11.1 Å². The number of anilines is 2. The third-order valence-electron chi connectivity index (χ3n) is 4.59. The molecule has 0 aliphatic heterocycles.